The van der Waals surface area contributed by atoms with Crippen LogP contribution in [0.2, 0.25) is 0 Å². The van der Waals surface area contributed by atoms with Gasteiger partial charge in [-0.1, -0.05) is 30.3 Å². The first-order chi connectivity index (χ1) is 9.08. The van der Waals surface area contributed by atoms with Crippen molar-refractivity contribution in [2.24, 2.45) is 0 Å². The van der Waals surface area contributed by atoms with Gasteiger partial charge in [0.2, 0.25) is 5.91 Å². The summed E-state index contributed by atoms with van der Waals surface area (Å²) in [5.74, 6) is -0.675. The molecule has 19 heavy (non-hydrogen) atoms. The van der Waals surface area contributed by atoms with Crippen molar-refractivity contribution in [3.63, 3.8) is 0 Å². The number of carbonyl (C=O) groups excluding carboxylic acids is 2. The van der Waals surface area contributed by atoms with Crippen molar-refractivity contribution in [1.82, 2.24) is 15.8 Å². The number of aromatic nitrogens is 1. The molecule has 1 aromatic carbocycles. The maximum Gasteiger partial charge on any atom is 0.281 e. The quantitative estimate of drug-likeness (QED) is 0.822. The summed E-state index contributed by atoms with van der Waals surface area (Å²) in [6.45, 7) is 3.10. The van der Waals surface area contributed by atoms with E-state index in [4.69, 9.17) is 0 Å². The van der Waals surface area contributed by atoms with Gasteiger partial charge in [0.05, 0.1) is 5.69 Å². The van der Waals surface area contributed by atoms with Crippen LogP contribution in [-0.4, -0.2) is 16.8 Å². The average Bonchev–Trinajstić information content (AvgIpc) is 2.79. The first kappa shape index (κ1) is 13.2. The molecular formula is C13H13N3O2S. The molecule has 0 aliphatic carbocycles. The second-order valence-corrected chi connectivity index (χ2v) is 4.93. The third kappa shape index (κ3) is 3.17. The molecule has 1 aromatic heterocycles. The number of amides is 2. The van der Waals surface area contributed by atoms with Crippen molar-refractivity contribution in [3.05, 3.63) is 40.9 Å². The lowest BCUT2D eigenvalue weighted by Gasteiger charge is -2.02. The summed E-state index contributed by atoms with van der Waals surface area (Å²) < 4.78 is 0. The lowest BCUT2D eigenvalue weighted by Crippen LogP contribution is -2.40. The van der Waals surface area contributed by atoms with Gasteiger partial charge in [-0.25, -0.2) is 4.98 Å². The van der Waals surface area contributed by atoms with Gasteiger partial charge in [0, 0.05) is 12.5 Å². The van der Waals surface area contributed by atoms with Crippen LogP contribution >= 0.6 is 11.3 Å². The molecule has 0 saturated heterocycles. The Hall–Kier alpha value is -2.21. The first-order valence-electron chi connectivity index (χ1n) is 5.67. The fourth-order valence-corrected chi connectivity index (χ4v) is 2.48. The number of nitrogens with zero attached hydrogens (tertiary/aromatic N) is 1. The van der Waals surface area contributed by atoms with Crippen LogP contribution in [0.1, 0.15) is 22.3 Å². The molecule has 0 saturated carbocycles. The normalized spacial score (nSPS) is 10.0. The van der Waals surface area contributed by atoms with Gasteiger partial charge < -0.3 is 0 Å². The smallest absolute Gasteiger partial charge is 0.274 e. The average molecular weight is 275 g/mol. The molecule has 0 spiro atoms. The number of carbonyl (C=O) groups is 2. The third-order valence-corrected chi connectivity index (χ3v) is 3.58. The summed E-state index contributed by atoms with van der Waals surface area (Å²) in [5.41, 5.74) is 6.21. The zero-order valence-corrected chi connectivity index (χ0v) is 11.4. The summed E-state index contributed by atoms with van der Waals surface area (Å²) in [6, 6.07) is 9.64. The molecule has 0 atom stereocenters. The minimum atomic E-state index is -0.354. The van der Waals surface area contributed by atoms with Gasteiger partial charge in [-0.2, -0.15) is 0 Å². The summed E-state index contributed by atoms with van der Waals surface area (Å²) in [7, 11) is 0. The van der Waals surface area contributed by atoms with Gasteiger partial charge in [-0.15, -0.1) is 11.3 Å². The van der Waals surface area contributed by atoms with Crippen molar-refractivity contribution in [3.8, 4) is 10.6 Å². The van der Waals surface area contributed by atoms with E-state index in [0.717, 1.165) is 10.6 Å². The molecule has 98 valence electrons. The highest BCUT2D eigenvalue weighted by atomic mass is 32.1. The van der Waals surface area contributed by atoms with Crippen LogP contribution in [-0.2, 0) is 4.79 Å². The van der Waals surface area contributed by atoms with Crippen molar-refractivity contribution in [2.75, 3.05) is 0 Å². The number of thiazole rings is 1. The highest BCUT2D eigenvalue weighted by Gasteiger charge is 2.16. The first-order valence-corrected chi connectivity index (χ1v) is 6.49. The van der Waals surface area contributed by atoms with E-state index >= 15 is 0 Å². The molecule has 5 nitrogen and oxygen atoms in total. The predicted octanol–water partition coefficient (Wildman–Crippen LogP) is 1.90. The maximum atomic E-state index is 11.9. The molecular weight excluding hydrogens is 262 g/mol. The molecule has 0 bridgehead atoms. The molecule has 2 rings (SSSR count). The van der Waals surface area contributed by atoms with E-state index in [1.807, 2.05) is 30.3 Å². The van der Waals surface area contributed by atoms with Crippen LogP contribution < -0.4 is 10.9 Å². The minimum Gasteiger partial charge on any atom is -0.274 e. The van der Waals surface area contributed by atoms with Crippen molar-refractivity contribution >= 4 is 23.2 Å². The Morgan fingerprint density at radius 1 is 1.16 bits per heavy atom. The zero-order valence-electron chi connectivity index (χ0n) is 10.6. The van der Waals surface area contributed by atoms with Crippen LogP contribution in [0.25, 0.3) is 10.6 Å². The number of nitrogens with one attached hydrogen (secondary N) is 2. The Labute approximate surface area is 114 Å². The molecule has 0 unspecified atom stereocenters. The molecule has 6 heteroatoms. The van der Waals surface area contributed by atoms with Crippen LogP contribution in [0.3, 0.4) is 0 Å². The van der Waals surface area contributed by atoms with E-state index in [1.54, 1.807) is 6.92 Å². The summed E-state index contributed by atoms with van der Waals surface area (Å²) in [5, 5.41) is 0.783. The molecule has 1 heterocycles. The van der Waals surface area contributed by atoms with E-state index in [2.05, 4.69) is 15.8 Å². The highest BCUT2D eigenvalue weighted by Crippen LogP contribution is 2.27. The molecule has 0 fully saturated rings. The van der Waals surface area contributed by atoms with Gasteiger partial charge in [0.25, 0.3) is 5.91 Å². The predicted molar refractivity (Wildman–Crippen MR) is 73.6 cm³/mol. The summed E-state index contributed by atoms with van der Waals surface area (Å²) in [6.07, 6.45) is 0. The number of rotatable bonds is 2. The lowest BCUT2D eigenvalue weighted by atomic mass is 10.2. The molecule has 0 aliphatic heterocycles. The molecule has 0 aliphatic rings. The molecule has 0 radical (unpaired) electrons. The van der Waals surface area contributed by atoms with Crippen molar-refractivity contribution < 1.29 is 9.59 Å². The van der Waals surface area contributed by atoms with E-state index in [-0.39, 0.29) is 11.8 Å². The number of benzene rings is 1. The van der Waals surface area contributed by atoms with Crippen LogP contribution in [0.5, 0.6) is 0 Å². The fraction of sp³-hybridized carbons (Fsp3) is 0.154. The fourth-order valence-electron chi connectivity index (χ4n) is 1.51. The van der Waals surface area contributed by atoms with Gasteiger partial charge in [0.1, 0.15) is 9.88 Å². The second-order valence-electron chi connectivity index (χ2n) is 3.93. The van der Waals surface area contributed by atoms with Gasteiger partial charge in [-0.05, 0) is 6.92 Å². The standard InChI is InChI=1S/C13H13N3O2S/c1-8-11(12(18)16-15-9(2)17)19-13(14-8)10-6-4-3-5-7-10/h3-7H,1-2H3,(H,15,17)(H,16,18). The zero-order chi connectivity index (χ0) is 13.8. The Bertz CT molecular complexity index is 608. The van der Waals surface area contributed by atoms with E-state index in [0.29, 0.717) is 10.6 Å². The van der Waals surface area contributed by atoms with Crippen LogP contribution in [0.15, 0.2) is 30.3 Å². The van der Waals surface area contributed by atoms with Gasteiger partial charge in [0.15, 0.2) is 0 Å². The van der Waals surface area contributed by atoms with E-state index in [9.17, 15) is 9.59 Å². The Kier molecular flexibility index (Phi) is 3.91. The van der Waals surface area contributed by atoms with Crippen molar-refractivity contribution in [2.45, 2.75) is 13.8 Å². The molecule has 2 aromatic rings. The van der Waals surface area contributed by atoms with E-state index < -0.39 is 0 Å². The SMILES string of the molecule is CC(=O)NNC(=O)c1sc(-c2ccccc2)nc1C. The second kappa shape index (κ2) is 5.62. The van der Waals surface area contributed by atoms with Gasteiger partial charge >= 0.3 is 0 Å². The van der Waals surface area contributed by atoms with Gasteiger partial charge in [-0.3, -0.25) is 20.4 Å². The largest absolute Gasteiger partial charge is 0.281 e. The topological polar surface area (TPSA) is 71.1 Å². The van der Waals surface area contributed by atoms with Crippen molar-refractivity contribution in [1.29, 1.82) is 0 Å². The number of hydrazine groups is 1. The monoisotopic (exact) mass is 275 g/mol. The summed E-state index contributed by atoms with van der Waals surface area (Å²) in [4.78, 5) is 27.5. The van der Waals surface area contributed by atoms with E-state index in [1.165, 1.54) is 18.3 Å². The Morgan fingerprint density at radius 2 is 1.84 bits per heavy atom. The Balaban J connectivity index is 2.22. The highest BCUT2D eigenvalue weighted by molar-refractivity contribution is 7.17. The molecule has 2 amide bonds. The molecule has 2 N–H and O–H groups in total. The van der Waals surface area contributed by atoms with Crippen LogP contribution in [0.4, 0.5) is 0 Å². The summed E-state index contributed by atoms with van der Waals surface area (Å²) >= 11 is 1.30. The number of hydrogen-bond donors (Lipinski definition) is 2. The lowest BCUT2D eigenvalue weighted by molar-refractivity contribution is -0.119. The number of hydrogen-bond acceptors (Lipinski definition) is 4. The number of aryl methyl sites for hydroxylation is 1. The minimum absolute atomic E-state index is 0.321. The van der Waals surface area contributed by atoms with Crippen LogP contribution in [0, 0.1) is 6.92 Å². The third-order valence-electron chi connectivity index (χ3n) is 2.38. The maximum absolute atomic E-state index is 11.9. The Morgan fingerprint density at radius 3 is 2.47 bits per heavy atom.